The molecule has 0 spiro atoms. The van der Waals surface area contributed by atoms with Crippen LogP contribution in [0.15, 0.2) is 0 Å². The van der Waals surface area contributed by atoms with E-state index in [1.165, 1.54) is 0 Å². The Morgan fingerprint density at radius 1 is 1.26 bits per heavy atom. The van der Waals surface area contributed by atoms with Crippen molar-refractivity contribution in [3.05, 3.63) is 0 Å². The zero-order valence-corrected chi connectivity index (χ0v) is 12.1. The highest BCUT2D eigenvalue weighted by Crippen LogP contribution is 2.22. The molecule has 0 aliphatic carbocycles. The van der Waals surface area contributed by atoms with E-state index in [0.29, 0.717) is 17.5 Å². The lowest BCUT2D eigenvalue weighted by Gasteiger charge is -2.31. The largest absolute Gasteiger partial charge is 0.369 e. The zero-order valence-electron chi connectivity index (χ0n) is 11.3. The van der Waals surface area contributed by atoms with E-state index in [0.717, 1.165) is 45.3 Å². The average molecular weight is 285 g/mol. The topological polar surface area (TPSA) is 75.4 Å². The number of nitrogens with one attached hydrogen (secondary N) is 1. The van der Waals surface area contributed by atoms with Crippen LogP contribution < -0.4 is 11.1 Å². The number of rotatable bonds is 4. The lowest BCUT2D eigenvalue weighted by atomic mass is 9.97. The summed E-state index contributed by atoms with van der Waals surface area (Å²) in [5.41, 5.74) is 5.33. The van der Waals surface area contributed by atoms with Gasteiger partial charge in [-0.25, -0.2) is 0 Å². The van der Waals surface area contributed by atoms with E-state index < -0.39 is 0 Å². The number of piperidine rings is 2. The number of hydrogen-bond donors (Lipinski definition) is 2. The van der Waals surface area contributed by atoms with Gasteiger partial charge < -0.3 is 16.0 Å². The van der Waals surface area contributed by atoms with Crippen molar-refractivity contribution < 1.29 is 9.59 Å². The predicted octanol–water partition coefficient (Wildman–Crippen LogP) is 0.195. The average Bonchev–Trinajstić information content (AvgIpc) is 2.46. The van der Waals surface area contributed by atoms with Crippen molar-refractivity contribution in [2.45, 2.75) is 30.9 Å². The molecule has 1 atom stereocenters. The first-order chi connectivity index (χ1) is 9.16. The van der Waals surface area contributed by atoms with Gasteiger partial charge in [-0.1, -0.05) is 0 Å². The molecular weight excluding hydrogens is 262 g/mol. The van der Waals surface area contributed by atoms with Crippen LogP contribution in [0.2, 0.25) is 0 Å². The van der Waals surface area contributed by atoms with Crippen molar-refractivity contribution in [1.82, 2.24) is 10.2 Å². The molecule has 0 bridgehead atoms. The number of primary amides is 1. The van der Waals surface area contributed by atoms with Crippen LogP contribution in [0.3, 0.4) is 0 Å². The van der Waals surface area contributed by atoms with Crippen molar-refractivity contribution in [2.75, 3.05) is 31.9 Å². The maximum atomic E-state index is 12.1. The Kier molecular flexibility index (Phi) is 5.51. The molecule has 108 valence electrons. The van der Waals surface area contributed by atoms with Gasteiger partial charge in [-0.3, -0.25) is 9.59 Å². The Balaban J connectivity index is 1.74. The summed E-state index contributed by atoms with van der Waals surface area (Å²) in [5, 5.41) is 3.92. The normalized spacial score (nSPS) is 25.3. The van der Waals surface area contributed by atoms with Gasteiger partial charge in [0, 0.05) is 18.3 Å². The standard InChI is InChI=1S/C13H23N3O2S/c14-13(18)10-2-1-7-16(8-10)12(17)9-19-11-3-5-15-6-4-11/h10-11,15H,1-9H2,(H2,14,18). The second-order valence-corrected chi connectivity index (χ2v) is 6.63. The molecule has 2 saturated heterocycles. The molecule has 2 aliphatic heterocycles. The molecule has 0 radical (unpaired) electrons. The van der Waals surface area contributed by atoms with E-state index in [9.17, 15) is 9.59 Å². The summed E-state index contributed by atoms with van der Waals surface area (Å²) >= 11 is 1.76. The van der Waals surface area contributed by atoms with Crippen molar-refractivity contribution in [1.29, 1.82) is 0 Å². The van der Waals surface area contributed by atoms with Crippen LogP contribution in [0, 0.1) is 5.92 Å². The van der Waals surface area contributed by atoms with Crippen LogP contribution in [-0.2, 0) is 9.59 Å². The number of thioether (sulfide) groups is 1. The number of nitrogens with zero attached hydrogens (tertiary/aromatic N) is 1. The Morgan fingerprint density at radius 2 is 2.00 bits per heavy atom. The van der Waals surface area contributed by atoms with Gasteiger partial charge in [0.1, 0.15) is 0 Å². The highest BCUT2D eigenvalue weighted by Gasteiger charge is 2.27. The number of hydrogen-bond acceptors (Lipinski definition) is 4. The van der Waals surface area contributed by atoms with E-state index in [4.69, 9.17) is 5.73 Å². The molecule has 0 aromatic carbocycles. The van der Waals surface area contributed by atoms with Gasteiger partial charge in [-0.2, -0.15) is 0 Å². The lowest BCUT2D eigenvalue weighted by molar-refractivity contribution is -0.132. The van der Waals surface area contributed by atoms with Crippen LogP contribution in [0.25, 0.3) is 0 Å². The second kappa shape index (κ2) is 7.14. The Hall–Kier alpha value is -0.750. The minimum absolute atomic E-state index is 0.151. The number of carbonyl (C=O) groups is 2. The van der Waals surface area contributed by atoms with Gasteiger partial charge in [0.05, 0.1) is 11.7 Å². The lowest BCUT2D eigenvalue weighted by Crippen LogP contribution is -2.45. The van der Waals surface area contributed by atoms with Gasteiger partial charge in [0.15, 0.2) is 0 Å². The third-order valence-corrected chi connectivity index (χ3v) is 5.26. The van der Waals surface area contributed by atoms with Gasteiger partial charge in [0.25, 0.3) is 0 Å². The highest BCUT2D eigenvalue weighted by atomic mass is 32.2. The highest BCUT2D eigenvalue weighted by molar-refractivity contribution is 8.00. The third-order valence-electron chi connectivity index (χ3n) is 3.91. The van der Waals surface area contributed by atoms with E-state index in [1.54, 1.807) is 11.8 Å². The molecule has 2 rings (SSSR count). The monoisotopic (exact) mass is 285 g/mol. The summed E-state index contributed by atoms with van der Waals surface area (Å²) in [4.78, 5) is 25.2. The summed E-state index contributed by atoms with van der Waals surface area (Å²) < 4.78 is 0. The molecule has 2 heterocycles. The minimum atomic E-state index is -0.275. The number of likely N-dealkylation sites (tertiary alicyclic amines) is 1. The predicted molar refractivity (Wildman–Crippen MR) is 76.8 cm³/mol. The van der Waals surface area contributed by atoms with E-state index >= 15 is 0 Å². The van der Waals surface area contributed by atoms with Crippen LogP contribution in [0.4, 0.5) is 0 Å². The molecule has 19 heavy (non-hydrogen) atoms. The van der Waals surface area contributed by atoms with Crippen molar-refractivity contribution in [2.24, 2.45) is 11.7 Å². The second-order valence-electron chi connectivity index (χ2n) is 5.34. The van der Waals surface area contributed by atoms with Crippen molar-refractivity contribution in [3.63, 3.8) is 0 Å². The van der Waals surface area contributed by atoms with Crippen molar-refractivity contribution in [3.8, 4) is 0 Å². The number of carbonyl (C=O) groups excluding carboxylic acids is 2. The van der Waals surface area contributed by atoms with Crippen LogP contribution in [0.5, 0.6) is 0 Å². The van der Waals surface area contributed by atoms with Gasteiger partial charge in [-0.05, 0) is 38.8 Å². The van der Waals surface area contributed by atoms with Gasteiger partial charge >= 0.3 is 0 Å². The molecule has 0 saturated carbocycles. The molecule has 1 unspecified atom stereocenters. The van der Waals surface area contributed by atoms with Gasteiger partial charge in [0.2, 0.25) is 11.8 Å². The molecule has 2 aliphatic rings. The first-order valence-electron chi connectivity index (χ1n) is 7.06. The first kappa shape index (κ1) is 14.7. The molecule has 2 amide bonds. The zero-order chi connectivity index (χ0) is 13.7. The Morgan fingerprint density at radius 3 is 2.68 bits per heavy atom. The fourth-order valence-electron chi connectivity index (χ4n) is 2.68. The maximum Gasteiger partial charge on any atom is 0.232 e. The smallest absolute Gasteiger partial charge is 0.232 e. The number of nitrogens with two attached hydrogens (primary N) is 1. The third kappa shape index (κ3) is 4.38. The summed E-state index contributed by atoms with van der Waals surface area (Å²) in [6.45, 7) is 3.40. The van der Waals surface area contributed by atoms with Gasteiger partial charge in [-0.15, -0.1) is 11.8 Å². The molecule has 0 aromatic rings. The van der Waals surface area contributed by atoms with Crippen LogP contribution in [0.1, 0.15) is 25.7 Å². The quantitative estimate of drug-likeness (QED) is 0.773. The summed E-state index contributed by atoms with van der Waals surface area (Å²) in [7, 11) is 0. The fourth-order valence-corrected chi connectivity index (χ4v) is 3.81. The molecule has 5 nitrogen and oxygen atoms in total. The first-order valence-corrected chi connectivity index (χ1v) is 8.11. The summed E-state index contributed by atoms with van der Waals surface area (Å²) in [6, 6.07) is 0. The molecule has 2 fully saturated rings. The maximum absolute atomic E-state index is 12.1. The molecule has 6 heteroatoms. The van der Waals surface area contributed by atoms with Crippen LogP contribution >= 0.6 is 11.8 Å². The Bertz CT molecular complexity index is 332. The minimum Gasteiger partial charge on any atom is -0.369 e. The SMILES string of the molecule is NC(=O)C1CCCN(C(=O)CSC2CCNCC2)C1. The molecule has 0 aromatic heterocycles. The number of amides is 2. The van der Waals surface area contributed by atoms with Crippen molar-refractivity contribution >= 4 is 23.6 Å². The van der Waals surface area contributed by atoms with Crippen LogP contribution in [-0.4, -0.2) is 53.9 Å². The molecule has 3 N–H and O–H groups in total. The summed E-state index contributed by atoms with van der Waals surface area (Å²) in [5.74, 6) is 0.274. The fraction of sp³-hybridized carbons (Fsp3) is 0.846. The van der Waals surface area contributed by atoms with E-state index in [-0.39, 0.29) is 17.7 Å². The van der Waals surface area contributed by atoms with E-state index in [2.05, 4.69) is 5.32 Å². The Labute approximate surface area is 118 Å². The molecular formula is C13H23N3O2S. The summed E-state index contributed by atoms with van der Waals surface area (Å²) in [6.07, 6.45) is 3.99. The van der Waals surface area contributed by atoms with E-state index in [1.807, 2.05) is 4.90 Å².